The third kappa shape index (κ3) is 5.07. The largest absolute Gasteiger partial charge is 0.416 e. The molecule has 2 aromatic carbocycles. The Balaban J connectivity index is 1.68. The zero-order valence-electron chi connectivity index (χ0n) is 14.8. The van der Waals surface area contributed by atoms with Crippen LogP contribution in [0.25, 0.3) is 0 Å². The number of nitrogens with zero attached hydrogens (tertiary/aromatic N) is 1. The number of hydrogen-bond donors (Lipinski definition) is 0. The maximum Gasteiger partial charge on any atom is 0.416 e. The normalized spacial score (nSPS) is 19.4. The number of hydrogen-bond acceptors (Lipinski definition) is 3. The predicted molar refractivity (Wildman–Crippen MR) is 102 cm³/mol. The molecule has 1 saturated heterocycles. The van der Waals surface area contributed by atoms with Gasteiger partial charge in [-0.1, -0.05) is 30.3 Å². The van der Waals surface area contributed by atoms with Crippen molar-refractivity contribution in [3.8, 4) is 0 Å². The lowest BCUT2D eigenvalue weighted by Gasteiger charge is -2.20. The predicted octanol–water partition coefficient (Wildman–Crippen LogP) is 4.85. The fourth-order valence-electron chi connectivity index (χ4n) is 3.10. The highest BCUT2D eigenvalue weighted by Gasteiger charge is 2.31. The van der Waals surface area contributed by atoms with Gasteiger partial charge in [-0.3, -0.25) is 0 Å². The summed E-state index contributed by atoms with van der Waals surface area (Å²) in [6, 6.07) is 10.6. The second-order valence-electron chi connectivity index (χ2n) is 6.52. The van der Waals surface area contributed by atoms with Crippen LogP contribution in [0.1, 0.15) is 28.4 Å². The van der Waals surface area contributed by atoms with Crippen LogP contribution in [-0.4, -0.2) is 31.6 Å². The monoisotopic (exact) mass is 433 g/mol. The Morgan fingerprint density at radius 3 is 2.36 bits per heavy atom. The van der Waals surface area contributed by atoms with Crippen LogP contribution < -0.4 is 0 Å². The molecule has 0 bridgehead atoms. The summed E-state index contributed by atoms with van der Waals surface area (Å²) in [6.07, 6.45) is -3.99. The fourth-order valence-corrected chi connectivity index (χ4v) is 6.02. The molecule has 1 aliphatic rings. The van der Waals surface area contributed by atoms with Crippen molar-refractivity contribution in [2.24, 2.45) is 0 Å². The Hall–Kier alpha value is -1.58. The summed E-state index contributed by atoms with van der Waals surface area (Å²) in [6.45, 7) is 0.535. The molecule has 0 spiro atoms. The molecule has 0 aliphatic carbocycles. The van der Waals surface area contributed by atoms with Crippen LogP contribution in [0.2, 0.25) is 0 Å². The molecule has 1 fully saturated rings. The lowest BCUT2D eigenvalue weighted by atomic mass is 10.1. The molecule has 9 heteroatoms. The van der Waals surface area contributed by atoms with Gasteiger partial charge in [0.05, 0.1) is 11.3 Å². The van der Waals surface area contributed by atoms with Gasteiger partial charge < -0.3 is 0 Å². The molecule has 1 unspecified atom stereocenters. The molecule has 28 heavy (non-hydrogen) atoms. The molecular formula is C19H19F4NO2S2. The summed E-state index contributed by atoms with van der Waals surface area (Å²) < 4.78 is 78.7. The lowest BCUT2D eigenvalue weighted by Crippen LogP contribution is -2.34. The van der Waals surface area contributed by atoms with E-state index in [1.807, 2.05) is 0 Å². The van der Waals surface area contributed by atoms with Gasteiger partial charge in [0, 0.05) is 29.7 Å². The van der Waals surface area contributed by atoms with Crippen molar-refractivity contribution in [2.45, 2.75) is 23.6 Å². The van der Waals surface area contributed by atoms with Gasteiger partial charge in [-0.05, 0) is 30.2 Å². The van der Waals surface area contributed by atoms with Crippen molar-refractivity contribution < 1.29 is 26.0 Å². The van der Waals surface area contributed by atoms with E-state index in [9.17, 15) is 26.0 Å². The van der Waals surface area contributed by atoms with Crippen LogP contribution in [0.15, 0.2) is 48.5 Å². The maximum absolute atomic E-state index is 14.0. The molecule has 152 valence electrons. The van der Waals surface area contributed by atoms with Crippen molar-refractivity contribution in [1.29, 1.82) is 0 Å². The van der Waals surface area contributed by atoms with Crippen LogP contribution in [0, 0.1) is 5.82 Å². The van der Waals surface area contributed by atoms with Gasteiger partial charge in [0.15, 0.2) is 0 Å². The van der Waals surface area contributed by atoms with Crippen LogP contribution in [0.5, 0.6) is 0 Å². The molecule has 3 rings (SSSR count). The molecule has 0 aromatic heterocycles. The van der Waals surface area contributed by atoms with Crippen LogP contribution in [-0.2, 0) is 22.0 Å². The van der Waals surface area contributed by atoms with E-state index in [-0.39, 0.29) is 23.4 Å². The van der Waals surface area contributed by atoms with E-state index in [2.05, 4.69) is 0 Å². The van der Waals surface area contributed by atoms with Crippen molar-refractivity contribution in [1.82, 2.24) is 4.31 Å². The first-order valence-electron chi connectivity index (χ1n) is 8.67. The molecule has 1 atom stereocenters. The van der Waals surface area contributed by atoms with Crippen LogP contribution in [0.3, 0.4) is 0 Å². The van der Waals surface area contributed by atoms with Crippen molar-refractivity contribution in [3.63, 3.8) is 0 Å². The van der Waals surface area contributed by atoms with Gasteiger partial charge in [-0.25, -0.2) is 17.1 Å². The van der Waals surface area contributed by atoms with E-state index in [1.165, 1.54) is 34.3 Å². The summed E-state index contributed by atoms with van der Waals surface area (Å²) in [7, 11) is -3.68. The van der Waals surface area contributed by atoms with Gasteiger partial charge in [-0.2, -0.15) is 24.9 Å². The van der Waals surface area contributed by atoms with E-state index in [0.29, 0.717) is 29.8 Å². The van der Waals surface area contributed by atoms with E-state index in [1.54, 1.807) is 18.2 Å². The maximum atomic E-state index is 14.0. The Morgan fingerprint density at radius 2 is 1.71 bits per heavy atom. The summed E-state index contributed by atoms with van der Waals surface area (Å²) in [5, 5.41) is -0.132. The zero-order chi connectivity index (χ0) is 20.4. The minimum absolute atomic E-state index is 0.132. The molecule has 2 aromatic rings. The second kappa shape index (κ2) is 8.42. The highest BCUT2D eigenvalue weighted by molar-refractivity contribution is 7.99. The van der Waals surface area contributed by atoms with Crippen LogP contribution >= 0.6 is 11.8 Å². The fraction of sp³-hybridized carbons (Fsp3) is 0.368. The first-order valence-corrected chi connectivity index (χ1v) is 11.3. The van der Waals surface area contributed by atoms with E-state index >= 15 is 0 Å². The third-order valence-corrected chi connectivity index (χ3v) is 7.74. The summed E-state index contributed by atoms with van der Waals surface area (Å²) >= 11 is 1.51. The number of thioether (sulfide) groups is 1. The topological polar surface area (TPSA) is 37.4 Å². The molecule has 1 aliphatic heterocycles. The summed E-state index contributed by atoms with van der Waals surface area (Å²) in [4.78, 5) is 0. The number of benzene rings is 2. The lowest BCUT2D eigenvalue weighted by molar-refractivity contribution is -0.137. The minimum Gasteiger partial charge on any atom is -0.212 e. The highest BCUT2D eigenvalue weighted by Crippen LogP contribution is 2.36. The van der Waals surface area contributed by atoms with Crippen molar-refractivity contribution >= 4 is 21.8 Å². The smallest absolute Gasteiger partial charge is 0.212 e. The summed E-state index contributed by atoms with van der Waals surface area (Å²) in [5.74, 6) is -0.146. The Bertz CT molecular complexity index is 914. The summed E-state index contributed by atoms with van der Waals surface area (Å²) in [5.41, 5.74) is 0.0533. The zero-order valence-corrected chi connectivity index (χ0v) is 16.5. The molecule has 1 heterocycles. The minimum atomic E-state index is -4.46. The molecule has 0 N–H and O–H groups in total. The SMILES string of the molecule is O=S(=O)(Cc1ccc(C(F)(F)F)cc1)N1CCSC(c2ccccc2F)CC1. The van der Waals surface area contributed by atoms with E-state index in [4.69, 9.17) is 0 Å². The standard InChI is InChI=1S/C19H19F4NO2S2/c20-17-4-2-1-3-16(17)18-9-10-24(11-12-27-18)28(25,26)13-14-5-7-15(8-6-14)19(21,22)23/h1-8,18H,9-13H2. The number of halogens is 4. The van der Waals surface area contributed by atoms with Gasteiger partial charge in [0.25, 0.3) is 0 Å². The first kappa shape index (κ1) is 21.1. The van der Waals surface area contributed by atoms with Gasteiger partial charge >= 0.3 is 6.18 Å². The molecule has 0 radical (unpaired) electrons. The third-order valence-electron chi connectivity index (χ3n) is 4.58. The van der Waals surface area contributed by atoms with E-state index in [0.717, 1.165) is 12.1 Å². The quantitative estimate of drug-likeness (QED) is 0.647. The molecule has 3 nitrogen and oxygen atoms in total. The highest BCUT2D eigenvalue weighted by atomic mass is 32.2. The number of rotatable bonds is 4. The second-order valence-corrected chi connectivity index (χ2v) is 9.80. The average Bonchev–Trinajstić information content (AvgIpc) is 2.88. The Labute approximate surface area is 165 Å². The molecule has 0 amide bonds. The molecular weight excluding hydrogens is 414 g/mol. The van der Waals surface area contributed by atoms with Crippen molar-refractivity contribution in [3.05, 3.63) is 71.0 Å². The van der Waals surface area contributed by atoms with Gasteiger partial charge in [-0.15, -0.1) is 0 Å². The van der Waals surface area contributed by atoms with Crippen LogP contribution in [0.4, 0.5) is 17.6 Å². The molecule has 0 saturated carbocycles. The first-order chi connectivity index (χ1) is 13.2. The number of alkyl halides is 3. The Morgan fingerprint density at radius 1 is 1.04 bits per heavy atom. The van der Waals surface area contributed by atoms with Crippen molar-refractivity contribution in [2.75, 3.05) is 18.8 Å². The average molecular weight is 433 g/mol. The van der Waals surface area contributed by atoms with Gasteiger partial charge in [0.2, 0.25) is 10.0 Å². The number of sulfonamides is 1. The van der Waals surface area contributed by atoms with E-state index < -0.39 is 21.8 Å². The van der Waals surface area contributed by atoms with Gasteiger partial charge in [0.1, 0.15) is 5.82 Å². The Kier molecular flexibility index (Phi) is 6.36.